The van der Waals surface area contributed by atoms with Crippen molar-refractivity contribution in [3.63, 3.8) is 0 Å². The van der Waals surface area contributed by atoms with Crippen molar-refractivity contribution in [3.05, 3.63) is 0 Å². The van der Waals surface area contributed by atoms with Crippen LogP contribution in [0.5, 0.6) is 0 Å². The highest BCUT2D eigenvalue weighted by atomic mass is 79.9. The summed E-state index contributed by atoms with van der Waals surface area (Å²) in [5.74, 6) is -2.21. The quantitative estimate of drug-likeness (QED) is 0.104. The molecule has 346 valence electrons. The second-order valence-electron chi connectivity index (χ2n) is 15.0. The van der Waals surface area contributed by atoms with E-state index in [0.29, 0.717) is 65.5 Å². The number of hydrogen-bond donors (Lipinski definition) is 5. The first-order valence-corrected chi connectivity index (χ1v) is 20.3. The third-order valence-electron chi connectivity index (χ3n) is 7.24. The normalized spacial score (nSPS) is 16.7. The molecular formula is C37H69BrF3N7O11. The Bertz CT molecular complexity index is 1130. The van der Waals surface area contributed by atoms with E-state index in [2.05, 4.69) is 31.0 Å². The van der Waals surface area contributed by atoms with Crippen LogP contribution < -0.4 is 5.32 Å². The Balaban J connectivity index is -0.000000813. The maximum atomic E-state index is 12.1. The monoisotopic (exact) mass is 923 g/mol. The molecule has 0 aromatic rings. The third-order valence-corrected chi connectivity index (χ3v) is 7.80. The van der Waals surface area contributed by atoms with E-state index in [9.17, 15) is 32.3 Å². The second kappa shape index (κ2) is 34.7. The topological polar surface area (TPSA) is 237 Å². The lowest BCUT2D eigenvalue weighted by molar-refractivity contribution is -0.158. The molecule has 0 bridgehead atoms. The Morgan fingerprint density at radius 2 is 0.983 bits per heavy atom. The molecular weight excluding hydrogens is 855 g/mol. The summed E-state index contributed by atoms with van der Waals surface area (Å²) < 4.78 is 42.1. The first-order valence-electron chi connectivity index (χ1n) is 19.2. The van der Waals surface area contributed by atoms with Crippen LogP contribution in [0.1, 0.15) is 54.9 Å². The molecule has 0 aromatic heterocycles. The molecule has 22 heteroatoms. The lowest BCUT2D eigenvalue weighted by Gasteiger charge is -2.27. The average Bonchev–Trinajstić information content (AvgIpc) is 3.24. The maximum Gasteiger partial charge on any atom is 0.446 e. The average molecular weight is 925 g/mol. The fourth-order valence-electron chi connectivity index (χ4n) is 4.84. The van der Waals surface area contributed by atoms with Gasteiger partial charge in [-0.25, -0.2) is 0 Å². The van der Waals surface area contributed by atoms with Gasteiger partial charge in [-0.05, 0) is 48.0 Å². The summed E-state index contributed by atoms with van der Waals surface area (Å²) in [6, 6.07) is 1.75. The van der Waals surface area contributed by atoms with Gasteiger partial charge in [-0.15, -0.1) is 0 Å². The number of aliphatic hydroxyl groups is 2. The first kappa shape index (κ1) is 60.3. The Kier molecular flexibility index (Phi) is 35.4. The highest BCUT2D eigenvalue weighted by Gasteiger charge is 2.25. The number of nitrogens with one attached hydrogen (secondary N) is 1. The summed E-state index contributed by atoms with van der Waals surface area (Å²) >= 11 is 3.15. The van der Waals surface area contributed by atoms with Gasteiger partial charge in [-0.1, -0.05) is 15.9 Å². The van der Waals surface area contributed by atoms with Gasteiger partial charge in [0.25, 0.3) is 0 Å². The van der Waals surface area contributed by atoms with E-state index in [4.69, 9.17) is 40.0 Å². The van der Waals surface area contributed by atoms with Crippen LogP contribution in [-0.4, -0.2) is 222 Å². The van der Waals surface area contributed by atoms with Crippen LogP contribution in [0, 0.1) is 11.3 Å². The summed E-state index contributed by atoms with van der Waals surface area (Å²) in [6.45, 7) is 22.1. The van der Waals surface area contributed by atoms with E-state index in [1.54, 1.807) is 15.9 Å². The first-order chi connectivity index (χ1) is 27.3. The Labute approximate surface area is 355 Å². The molecule has 0 atom stereocenters. The van der Waals surface area contributed by atoms with E-state index in [0.717, 1.165) is 37.9 Å². The lowest BCUT2D eigenvalue weighted by Crippen LogP contribution is -2.42. The van der Waals surface area contributed by atoms with Crippen molar-refractivity contribution in [2.45, 2.75) is 72.3 Å². The standard InChI is InChI=1S/C18H35N3O4.C12H23N3O5.C3H7BrO.C2HF3O.C2H3N/c1-17(2,3)24-15(22)13-20-9-7-19-8-10-21(12-11-20)14-16(23)25-18(4,5)6;16-8-7-13-1-3-14(9-11(17)18)5-6-15(4-2-13)10-12(19)20;4-2-1-3-5;3-2(4,5)1-6;1-2-3/h19H,7-14H2,1-6H3;16H,1-10H2,(H,17,18)(H,19,20);5H,1-3H2;1H;1H3. The number of carbonyl (C=O) groups is 5. The maximum absolute atomic E-state index is 12.1. The summed E-state index contributed by atoms with van der Waals surface area (Å²) in [5.41, 5.74) is -0.949. The van der Waals surface area contributed by atoms with E-state index < -0.39 is 35.6 Å². The Hall–Kier alpha value is -3.01. The molecule has 2 saturated heterocycles. The Morgan fingerprint density at radius 3 is 1.20 bits per heavy atom. The molecule has 5 N–H and O–H groups in total. The molecule has 0 spiro atoms. The minimum atomic E-state index is -4.64. The number of ether oxygens (including phenoxy) is 2. The summed E-state index contributed by atoms with van der Waals surface area (Å²) in [5, 5.41) is 46.4. The van der Waals surface area contributed by atoms with Crippen molar-refractivity contribution in [2.75, 3.05) is 130 Å². The molecule has 2 fully saturated rings. The molecule has 2 rings (SSSR count). The number of carboxylic acids is 2. The molecule has 0 aromatic carbocycles. The minimum Gasteiger partial charge on any atom is -0.480 e. The highest BCUT2D eigenvalue weighted by Crippen LogP contribution is 2.10. The van der Waals surface area contributed by atoms with Gasteiger partial charge in [0.05, 0.1) is 38.9 Å². The predicted octanol–water partition coefficient (Wildman–Crippen LogP) is 0.986. The number of nitrogens with zero attached hydrogens (tertiary/aromatic N) is 6. The number of hydrogen-bond acceptors (Lipinski definition) is 16. The van der Waals surface area contributed by atoms with Crippen LogP contribution in [0.15, 0.2) is 0 Å². The molecule has 0 aliphatic carbocycles. The van der Waals surface area contributed by atoms with Crippen LogP contribution in [0.2, 0.25) is 0 Å². The number of rotatable bonds is 12. The Morgan fingerprint density at radius 1 is 0.678 bits per heavy atom. The molecule has 0 amide bonds. The van der Waals surface area contributed by atoms with Crippen LogP contribution in [0.3, 0.4) is 0 Å². The molecule has 18 nitrogen and oxygen atoms in total. The number of β-amino-alcohol motifs (C(OH)–C–C–N with tert-alkyl or cyclic N) is 1. The number of esters is 2. The van der Waals surface area contributed by atoms with Gasteiger partial charge in [0.15, 0.2) is 0 Å². The van der Waals surface area contributed by atoms with E-state index >= 15 is 0 Å². The SMILES string of the molecule is CC#N.CC(C)(C)OC(=O)CN1CCNCCN(CC(=O)OC(C)(C)C)CC1.O=C(O)CN1CCN(CCO)CCN(CC(=O)O)CC1.O=CC(F)(F)F.OCCCBr. The molecule has 0 unspecified atom stereocenters. The zero-order valence-corrected chi connectivity index (χ0v) is 37.4. The molecule has 2 heterocycles. The highest BCUT2D eigenvalue weighted by molar-refractivity contribution is 9.09. The van der Waals surface area contributed by atoms with Gasteiger partial charge in [0.2, 0.25) is 6.29 Å². The second-order valence-corrected chi connectivity index (χ2v) is 15.8. The third kappa shape index (κ3) is 44.4. The summed E-state index contributed by atoms with van der Waals surface area (Å²) in [7, 11) is 0. The van der Waals surface area contributed by atoms with Gasteiger partial charge >= 0.3 is 30.1 Å². The van der Waals surface area contributed by atoms with Gasteiger partial charge in [0, 0.05) is 104 Å². The zero-order valence-electron chi connectivity index (χ0n) is 35.8. The van der Waals surface area contributed by atoms with Crippen molar-refractivity contribution < 1.29 is 67.0 Å². The fourth-order valence-corrected chi connectivity index (χ4v) is 5.09. The van der Waals surface area contributed by atoms with Crippen molar-refractivity contribution >= 4 is 46.1 Å². The van der Waals surface area contributed by atoms with Crippen molar-refractivity contribution in [3.8, 4) is 6.07 Å². The number of aliphatic hydroxyl groups excluding tert-OH is 2. The largest absolute Gasteiger partial charge is 0.480 e. The van der Waals surface area contributed by atoms with Gasteiger partial charge < -0.3 is 35.2 Å². The molecule has 59 heavy (non-hydrogen) atoms. The van der Waals surface area contributed by atoms with Gasteiger partial charge in [-0.2, -0.15) is 18.4 Å². The summed E-state index contributed by atoms with van der Waals surface area (Å²) in [4.78, 5) is 64.2. The van der Waals surface area contributed by atoms with Crippen molar-refractivity contribution in [1.29, 1.82) is 5.26 Å². The van der Waals surface area contributed by atoms with E-state index in [-0.39, 0.29) is 44.7 Å². The smallest absolute Gasteiger partial charge is 0.446 e. The van der Waals surface area contributed by atoms with E-state index in [1.165, 1.54) is 6.92 Å². The van der Waals surface area contributed by atoms with Gasteiger partial charge in [-0.3, -0.25) is 48.5 Å². The van der Waals surface area contributed by atoms with Crippen molar-refractivity contribution in [1.82, 2.24) is 29.8 Å². The van der Waals surface area contributed by atoms with Crippen LogP contribution in [0.4, 0.5) is 13.2 Å². The van der Waals surface area contributed by atoms with Gasteiger partial charge in [0.1, 0.15) is 11.2 Å². The number of nitriles is 1. The number of aldehydes is 1. The molecule has 2 aliphatic heterocycles. The van der Waals surface area contributed by atoms with E-state index in [1.807, 2.05) is 46.4 Å². The number of carboxylic acid groups (broad SMARTS) is 2. The number of alkyl halides is 4. The van der Waals surface area contributed by atoms with Crippen LogP contribution >= 0.6 is 15.9 Å². The number of carbonyl (C=O) groups excluding carboxylic acids is 3. The lowest BCUT2D eigenvalue weighted by atomic mass is 10.2. The van der Waals surface area contributed by atoms with Crippen LogP contribution in [-0.2, 0) is 33.4 Å². The predicted molar refractivity (Wildman–Crippen MR) is 218 cm³/mol. The minimum absolute atomic E-state index is 0.0395. The number of aliphatic carboxylic acids is 2. The number of halogens is 4. The van der Waals surface area contributed by atoms with Crippen LogP contribution in [0.25, 0.3) is 0 Å². The molecule has 0 saturated carbocycles. The van der Waals surface area contributed by atoms with Crippen molar-refractivity contribution in [2.24, 2.45) is 0 Å². The zero-order chi connectivity index (χ0) is 46.1. The molecule has 0 radical (unpaired) electrons. The fraction of sp³-hybridized carbons (Fsp3) is 0.838. The molecule has 2 aliphatic rings. The summed E-state index contributed by atoms with van der Waals surface area (Å²) in [6.07, 6.45) is -4.84.